The van der Waals surface area contributed by atoms with Crippen molar-refractivity contribution in [1.29, 1.82) is 0 Å². The number of hydrogen-bond donors (Lipinski definition) is 2. The molecule has 0 bridgehead atoms. The lowest BCUT2D eigenvalue weighted by Gasteiger charge is -2.06. The topological polar surface area (TPSA) is 57.5 Å². The van der Waals surface area contributed by atoms with E-state index in [1.807, 2.05) is 0 Å². The van der Waals surface area contributed by atoms with Crippen LogP contribution in [0.3, 0.4) is 0 Å². The summed E-state index contributed by atoms with van der Waals surface area (Å²) in [7, 11) is 0. The predicted molar refractivity (Wildman–Crippen MR) is 135 cm³/mol. The van der Waals surface area contributed by atoms with E-state index in [0.29, 0.717) is 0 Å². The summed E-state index contributed by atoms with van der Waals surface area (Å²) in [6, 6.07) is 0. The summed E-state index contributed by atoms with van der Waals surface area (Å²) < 4.78 is 0. The first-order valence-electron chi connectivity index (χ1n) is 13.7. The average molecular weight is 439 g/mol. The van der Waals surface area contributed by atoms with Crippen LogP contribution in [-0.4, -0.2) is 22.3 Å². The molecule has 31 heavy (non-hydrogen) atoms. The van der Waals surface area contributed by atoms with Gasteiger partial charge in [-0.15, -0.1) is 0 Å². The van der Waals surface area contributed by atoms with E-state index in [1.54, 1.807) is 0 Å². The van der Waals surface area contributed by atoms with Gasteiger partial charge in [0, 0.05) is 6.42 Å². The molecule has 184 valence electrons. The van der Waals surface area contributed by atoms with Crippen molar-refractivity contribution in [3.05, 3.63) is 12.2 Å². The first-order valence-corrected chi connectivity index (χ1v) is 13.7. The van der Waals surface area contributed by atoms with Gasteiger partial charge < -0.3 is 10.2 Å². The minimum atomic E-state index is -0.689. The van der Waals surface area contributed by atoms with Crippen LogP contribution < -0.4 is 0 Å². The summed E-state index contributed by atoms with van der Waals surface area (Å²) in [5.41, 5.74) is 0. The number of carboxylic acids is 1. The van der Waals surface area contributed by atoms with E-state index in [2.05, 4.69) is 19.1 Å². The van der Waals surface area contributed by atoms with Crippen molar-refractivity contribution < 1.29 is 15.0 Å². The maximum atomic E-state index is 10.4. The Morgan fingerprint density at radius 2 is 0.968 bits per heavy atom. The zero-order valence-corrected chi connectivity index (χ0v) is 20.8. The van der Waals surface area contributed by atoms with Crippen LogP contribution in [-0.2, 0) is 4.79 Å². The standard InChI is InChI=1S/C28H54O3/c1-2-27(29)25-23-21-19-17-15-13-11-9-7-5-3-4-6-8-10-12-14-16-18-20-22-24-26-28(30)31/h18,20,27,29H,2-17,19,21-26H2,1H3,(H,30,31). The number of hydrogen-bond acceptors (Lipinski definition) is 2. The Bertz CT molecular complexity index is 392. The monoisotopic (exact) mass is 438 g/mol. The van der Waals surface area contributed by atoms with Crippen LogP contribution in [0.4, 0.5) is 0 Å². The zero-order valence-electron chi connectivity index (χ0n) is 20.8. The highest BCUT2D eigenvalue weighted by Gasteiger charge is 2.00. The van der Waals surface area contributed by atoms with Crippen LogP contribution in [0.2, 0.25) is 0 Å². The number of aliphatic hydroxyl groups excluding tert-OH is 1. The lowest BCUT2D eigenvalue weighted by Crippen LogP contribution is -2.03. The maximum absolute atomic E-state index is 10.4. The van der Waals surface area contributed by atoms with Crippen molar-refractivity contribution >= 4 is 5.97 Å². The molecule has 0 aromatic heterocycles. The fourth-order valence-corrected chi connectivity index (χ4v) is 4.10. The van der Waals surface area contributed by atoms with Gasteiger partial charge in [0.1, 0.15) is 0 Å². The molecule has 0 fully saturated rings. The molecule has 2 N–H and O–H groups in total. The highest BCUT2D eigenvalue weighted by molar-refractivity contribution is 5.66. The molecule has 0 radical (unpaired) electrons. The normalized spacial score (nSPS) is 12.6. The second-order valence-corrected chi connectivity index (χ2v) is 9.41. The van der Waals surface area contributed by atoms with Crippen LogP contribution >= 0.6 is 0 Å². The summed E-state index contributed by atoms with van der Waals surface area (Å²) in [5.74, 6) is -0.689. The van der Waals surface area contributed by atoms with Crippen LogP contribution in [0.25, 0.3) is 0 Å². The van der Waals surface area contributed by atoms with Gasteiger partial charge in [-0.3, -0.25) is 4.79 Å². The molecule has 1 unspecified atom stereocenters. The minimum Gasteiger partial charge on any atom is -0.481 e. The van der Waals surface area contributed by atoms with Gasteiger partial charge in [0.2, 0.25) is 0 Å². The van der Waals surface area contributed by atoms with Crippen molar-refractivity contribution in [2.45, 2.75) is 161 Å². The Kier molecular flexibility index (Phi) is 24.7. The Morgan fingerprint density at radius 3 is 1.35 bits per heavy atom. The molecular weight excluding hydrogens is 384 g/mol. The first kappa shape index (κ1) is 30.2. The van der Waals surface area contributed by atoms with Gasteiger partial charge >= 0.3 is 5.97 Å². The van der Waals surface area contributed by atoms with Gasteiger partial charge in [-0.05, 0) is 38.5 Å². The third-order valence-electron chi connectivity index (χ3n) is 6.31. The molecule has 0 rings (SSSR count). The number of aliphatic carboxylic acids is 1. The number of aliphatic hydroxyl groups is 1. The largest absolute Gasteiger partial charge is 0.481 e. The van der Waals surface area contributed by atoms with E-state index in [9.17, 15) is 9.90 Å². The van der Waals surface area contributed by atoms with Gasteiger partial charge in [0.05, 0.1) is 6.10 Å². The van der Waals surface area contributed by atoms with Crippen LogP contribution in [0.1, 0.15) is 155 Å². The number of allylic oxidation sites excluding steroid dienone is 2. The lowest BCUT2D eigenvalue weighted by molar-refractivity contribution is -0.137. The third kappa shape index (κ3) is 27.1. The van der Waals surface area contributed by atoms with E-state index < -0.39 is 5.97 Å². The minimum absolute atomic E-state index is 0.0669. The highest BCUT2D eigenvalue weighted by Crippen LogP contribution is 2.15. The summed E-state index contributed by atoms with van der Waals surface area (Å²) in [4.78, 5) is 10.4. The molecule has 0 spiro atoms. The second-order valence-electron chi connectivity index (χ2n) is 9.41. The SMILES string of the molecule is CCC(O)CCCCCCCCCCCCCCCCCCCC=CCCCC(=O)O. The molecule has 0 aliphatic rings. The first-order chi connectivity index (χ1) is 15.2. The summed E-state index contributed by atoms with van der Waals surface area (Å²) >= 11 is 0. The molecule has 0 heterocycles. The summed E-state index contributed by atoms with van der Waals surface area (Å²) in [5, 5.41) is 18.1. The van der Waals surface area contributed by atoms with Gasteiger partial charge in [-0.25, -0.2) is 0 Å². The van der Waals surface area contributed by atoms with E-state index in [1.165, 1.54) is 109 Å². The molecule has 1 atom stereocenters. The Balaban J connectivity index is 3.08. The highest BCUT2D eigenvalue weighted by atomic mass is 16.4. The van der Waals surface area contributed by atoms with Crippen LogP contribution in [0, 0.1) is 0 Å². The Morgan fingerprint density at radius 1 is 0.613 bits per heavy atom. The molecule has 0 aromatic rings. The van der Waals surface area contributed by atoms with Crippen LogP contribution in [0.15, 0.2) is 12.2 Å². The second kappa shape index (κ2) is 25.4. The third-order valence-corrected chi connectivity index (χ3v) is 6.31. The molecule has 3 nitrogen and oxygen atoms in total. The van der Waals surface area contributed by atoms with E-state index in [4.69, 9.17) is 5.11 Å². The van der Waals surface area contributed by atoms with Gasteiger partial charge in [-0.2, -0.15) is 0 Å². The van der Waals surface area contributed by atoms with Gasteiger partial charge in [0.25, 0.3) is 0 Å². The fraction of sp³-hybridized carbons (Fsp3) is 0.893. The molecule has 0 saturated carbocycles. The summed E-state index contributed by atoms with van der Waals surface area (Å²) in [6.45, 7) is 2.06. The smallest absolute Gasteiger partial charge is 0.303 e. The van der Waals surface area contributed by atoms with Crippen molar-refractivity contribution in [3.8, 4) is 0 Å². The molecule has 3 heteroatoms. The number of carboxylic acid groups (broad SMARTS) is 1. The van der Waals surface area contributed by atoms with Crippen molar-refractivity contribution in [3.63, 3.8) is 0 Å². The van der Waals surface area contributed by atoms with Crippen LogP contribution in [0.5, 0.6) is 0 Å². The quantitative estimate of drug-likeness (QED) is 0.110. The van der Waals surface area contributed by atoms with Crippen molar-refractivity contribution in [2.24, 2.45) is 0 Å². The molecule has 0 aliphatic heterocycles. The Hall–Kier alpha value is -0.830. The van der Waals surface area contributed by atoms with Gasteiger partial charge in [0.15, 0.2) is 0 Å². The number of unbranched alkanes of at least 4 members (excludes halogenated alkanes) is 18. The average Bonchev–Trinajstić information content (AvgIpc) is 2.76. The number of rotatable bonds is 25. The molecule has 0 saturated heterocycles. The predicted octanol–water partition coefficient (Wildman–Crippen LogP) is 8.98. The number of carbonyl (C=O) groups is 1. The van der Waals surface area contributed by atoms with Gasteiger partial charge in [-0.1, -0.05) is 122 Å². The summed E-state index contributed by atoms with van der Waals surface area (Å²) in [6.07, 6.45) is 32.6. The fourth-order valence-electron chi connectivity index (χ4n) is 4.10. The van der Waals surface area contributed by atoms with E-state index >= 15 is 0 Å². The van der Waals surface area contributed by atoms with Crippen molar-refractivity contribution in [1.82, 2.24) is 0 Å². The maximum Gasteiger partial charge on any atom is 0.303 e. The molecular formula is C28H54O3. The van der Waals surface area contributed by atoms with E-state index in [0.717, 1.165) is 32.1 Å². The van der Waals surface area contributed by atoms with Crippen molar-refractivity contribution in [2.75, 3.05) is 0 Å². The lowest BCUT2D eigenvalue weighted by atomic mass is 10.0. The zero-order chi connectivity index (χ0) is 22.8. The molecule has 0 aromatic carbocycles. The Labute approximate surface area is 194 Å². The molecule has 0 amide bonds. The van der Waals surface area contributed by atoms with E-state index in [-0.39, 0.29) is 12.5 Å². The molecule has 0 aliphatic carbocycles.